The summed E-state index contributed by atoms with van der Waals surface area (Å²) in [5.74, 6) is 0.0924. The lowest BCUT2D eigenvalue weighted by Crippen LogP contribution is -1.87. The molecule has 0 spiro atoms. The maximum Gasteiger partial charge on any atom is 0.131 e. The molecule has 0 aromatic heterocycles. The van der Waals surface area contributed by atoms with E-state index < -0.39 is 0 Å². The van der Waals surface area contributed by atoms with Gasteiger partial charge in [-0.2, -0.15) is 0 Å². The molecule has 1 aromatic rings. The summed E-state index contributed by atoms with van der Waals surface area (Å²) >= 11 is 11.5. The first-order chi connectivity index (χ1) is 6.69. The molecule has 0 saturated carbocycles. The van der Waals surface area contributed by atoms with Crippen molar-refractivity contribution in [3.63, 3.8) is 0 Å². The molecule has 0 saturated heterocycles. The van der Waals surface area contributed by atoms with Gasteiger partial charge in [-0.3, -0.25) is 0 Å². The Bertz CT molecular complexity index is 319. The van der Waals surface area contributed by atoms with Gasteiger partial charge in [-0.1, -0.05) is 36.2 Å². The summed E-state index contributed by atoms with van der Waals surface area (Å²) in [5, 5.41) is 0.418. The van der Waals surface area contributed by atoms with Crippen LogP contribution in [0.25, 0.3) is 6.08 Å². The number of rotatable bonds is 3. The highest BCUT2D eigenvalue weighted by molar-refractivity contribution is 6.32. The van der Waals surface area contributed by atoms with Gasteiger partial charge < -0.3 is 0 Å². The van der Waals surface area contributed by atoms with Gasteiger partial charge in [0.25, 0.3) is 0 Å². The monoisotopic (exact) mass is 232 g/mol. The minimum Gasteiger partial charge on any atom is -0.206 e. The van der Waals surface area contributed by atoms with Gasteiger partial charge in [0.05, 0.1) is 5.02 Å². The van der Waals surface area contributed by atoms with E-state index in [4.69, 9.17) is 23.2 Å². The third kappa shape index (κ3) is 2.73. The van der Waals surface area contributed by atoms with E-state index in [-0.39, 0.29) is 5.82 Å². The molecule has 1 aromatic carbocycles. The molecular weight excluding hydrogens is 222 g/mol. The zero-order valence-electron chi connectivity index (χ0n) is 7.86. The van der Waals surface area contributed by atoms with Crippen LogP contribution in [0, 0.1) is 5.82 Å². The Hall–Kier alpha value is -0.530. The average molecular weight is 233 g/mol. The van der Waals surface area contributed by atoms with Crippen molar-refractivity contribution in [3.8, 4) is 0 Å². The highest BCUT2D eigenvalue weighted by Gasteiger charge is 2.04. The number of hydrogen-bond acceptors (Lipinski definition) is 0. The summed E-state index contributed by atoms with van der Waals surface area (Å²) in [5.41, 5.74) is 1.39. The van der Waals surface area contributed by atoms with Crippen molar-refractivity contribution in [3.05, 3.63) is 40.2 Å². The molecule has 14 heavy (non-hydrogen) atoms. The highest BCUT2D eigenvalue weighted by atomic mass is 35.5. The second-order valence-electron chi connectivity index (χ2n) is 2.93. The summed E-state index contributed by atoms with van der Waals surface area (Å²) in [6, 6.07) is 4.64. The Morgan fingerprint density at radius 2 is 2.21 bits per heavy atom. The highest BCUT2D eigenvalue weighted by Crippen LogP contribution is 2.22. The number of benzene rings is 1. The van der Waals surface area contributed by atoms with Gasteiger partial charge in [0.15, 0.2) is 0 Å². The Morgan fingerprint density at radius 1 is 1.50 bits per heavy atom. The van der Waals surface area contributed by atoms with Crippen LogP contribution in [0.1, 0.15) is 18.9 Å². The van der Waals surface area contributed by atoms with Crippen LogP contribution in [0.2, 0.25) is 5.02 Å². The number of hydrogen-bond donors (Lipinski definition) is 0. The average Bonchev–Trinajstić information content (AvgIpc) is 2.18. The Kier molecular flexibility index (Phi) is 4.43. The van der Waals surface area contributed by atoms with Crippen molar-refractivity contribution in [1.29, 1.82) is 0 Å². The molecule has 0 aliphatic rings. The van der Waals surface area contributed by atoms with Gasteiger partial charge in [0, 0.05) is 11.4 Å². The minimum atomic E-state index is -0.312. The van der Waals surface area contributed by atoms with Crippen molar-refractivity contribution in [2.75, 3.05) is 5.88 Å². The lowest BCUT2D eigenvalue weighted by molar-refractivity contribution is 0.625. The standard InChI is InChI=1S/C11H11Cl2F/c1-2-8(7-12)6-9-10(13)4-3-5-11(9)14/h3-6H,2,7H2,1H3. The van der Waals surface area contributed by atoms with Crippen molar-refractivity contribution >= 4 is 29.3 Å². The van der Waals surface area contributed by atoms with E-state index in [1.54, 1.807) is 18.2 Å². The van der Waals surface area contributed by atoms with Crippen LogP contribution >= 0.6 is 23.2 Å². The van der Waals surface area contributed by atoms with Crippen LogP contribution < -0.4 is 0 Å². The molecule has 0 radical (unpaired) electrons. The molecule has 0 amide bonds. The molecule has 1 rings (SSSR count). The summed E-state index contributed by atoms with van der Waals surface area (Å²) in [6.45, 7) is 1.98. The molecule has 0 fully saturated rings. The number of alkyl halides is 1. The van der Waals surface area contributed by atoms with Crippen molar-refractivity contribution < 1.29 is 4.39 Å². The fourth-order valence-corrected chi connectivity index (χ4v) is 1.57. The molecule has 0 aliphatic carbocycles. The molecule has 76 valence electrons. The van der Waals surface area contributed by atoms with Crippen LogP contribution in [-0.4, -0.2) is 5.88 Å². The van der Waals surface area contributed by atoms with E-state index in [1.165, 1.54) is 6.07 Å². The Labute approximate surface area is 93.3 Å². The lowest BCUT2D eigenvalue weighted by atomic mass is 10.1. The Balaban J connectivity index is 3.12. The summed E-state index contributed by atoms with van der Waals surface area (Å²) in [7, 11) is 0. The molecular formula is C11H11Cl2F. The zero-order valence-corrected chi connectivity index (χ0v) is 9.37. The normalized spacial score (nSPS) is 11.9. The molecule has 3 heteroatoms. The summed E-state index contributed by atoms with van der Waals surface area (Å²) in [6.07, 6.45) is 2.51. The predicted molar refractivity (Wildman–Crippen MR) is 60.4 cm³/mol. The summed E-state index contributed by atoms with van der Waals surface area (Å²) < 4.78 is 13.3. The lowest BCUT2D eigenvalue weighted by Gasteiger charge is -2.03. The summed E-state index contributed by atoms with van der Waals surface area (Å²) in [4.78, 5) is 0. The molecule has 0 heterocycles. The smallest absolute Gasteiger partial charge is 0.131 e. The largest absolute Gasteiger partial charge is 0.206 e. The third-order valence-corrected chi connectivity index (χ3v) is 2.65. The Morgan fingerprint density at radius 3 is 2.71 bits per heavy atom. The van der Waals surface area contributed by atoms with Crippen LogP contribution in [0.15, 0.2) is 23.8 Å². The van der Waals surface area contributed by atoms with Crippen molar-refractivity contribution in [2.24, 2.45) is 0 Å². The first kappa shape index (κ1) is 11.5. The fraction of sp³-hybridized carbons (Fsp3) is 0.273. The SMILES string of the molecule is CCC(=Cc1c(F)cccc1Cl)CCl. The third-order valence-electron chi connectivity index (χ3n) is 1.97. The molecule has 0 bridgehead atoms. The fourth-order valence-electron chi connectivity index (χ4n) is 1.09. The first-order valence-electron chi connectivity index (χ1n) is 4.38. The second kappa shape index (κ2) is 5.38. The number of allylic oxidation sites excluding steroid dienone is 1. The quantitative estimate of drug-likeness (QED) is 0.673. The van der Waals surface area contributed by atoms with Crippen molar-refractivity contribution in [2.45, 2.75) is 13.3 Å². The number of halogens is 3. The second-order valence-corrected chi connectivity index (χ2v) is 3.60. The van der Waals surface area contributed by atoms with Crippen LogP contribution in [0.3, 0.4) is 0 Å². The van der Waals surface area contributed by atoms with E-state index in [9.17, 15) is 4.39 Å². The minimum absolute atomic E-state index is 0.312. The van der Waals surface area contributed by atoms with E-state index in [0.29, 0.717) is 16.5 Å². The van der Waals surface area contributed by atoms with Gasteiger partial charge in [-0.05, 0) is 18.6 Å². The van der Waals surface area contributed by atoms with E-state index in [1.807, 2.05) is 6.92 Å². The van der Waals surface area contributed by atoms with Gasteiger partial charge in [0.1, 0.15) is 5.82 Å². The van der Waals surface area contributed by atoms with Crippen LogP contribution in [0.5, 0.6) is 0 Å². The van der Waals surface area contributed by atoms with E-state index >= 15 is 0 Å². The first-order valence-corrected chi connectivity index (χ1v) is 5.29. The van der Waals surface area contributed by atoms with Gasteiger partial charge in [-0.25, -0.2) is 4.39 Å². The van der Waals surface area contributed by atoms with E-state index in [2.05, 4.69) is 0 Å². The molecule has 0 unspecified atom stereocenters. The van der Waals surface area contributed by atoms with Gasteiger partial charge >= 0.3 is 0 Å². The van der Waals surface area contributed by atoms with E-state index in [0.717, 1.165) is 12.0 Å². The molecule has 0 aliphatic heterocycles. The molecule has 0 nitrogen and oxygen atoms in total. The van der Waals surface area contributed by atoms with Crippen LogP contribution in [-0.2, 0) is 0 Å². The van der Waals surface area contributed by atoms with Crippen LogP contribution in [0.4, 0.5) is 4.39 Å². The van der Waals surface area contributed by atoms with Crippen molar-refractivity contribution in [1.82, 2.24) is 0 Å². The predicted octanol–water partition coefficient (Wildman–Crippen LogP) is 4.51. The maximum absolute atomic E-state index is 13.3. The van der Waals surface area contributed by atoms with Gasteiger partial charge in [-0.15, -0.1) is 11.6 Å². The zero-order chi connectivity index (χ0) is 10.6. The topological polar surface area (TPSA) is 0 Å². The maximum atomic E-state index is 13.3. The molecule has 0 atom stereocenters. The molecule has 0 N–H and O–H groups in total. The van der Waals surface area contributed by atoms with Gasteiger partial charge in [0.2, 0.25) is 0 Å².